The van der Waals surface area contributed by atoms with Crippen LogP contribution in [0.15, 0.2) is 22.7 Å². The third kappa shape index (κ3) is 4.14. The first kappa shape index (κ1) is 14.7. The number of primary amides is 1. The van der Waals surface area contributed by atoms with Crippen molar-refractivity contribution in [1.82, 2.24) is 0 Å². The van der Waals surface area contributed by atoms with Gasteiger partial charge in [-0.05, 0) is 24.1 Å². The van der Waals surface area contributed by atoms with Gasteiger partial charge in [-0.1, -0.05) is 29.8 Å². The quantitative estimate of drug-likeness (QED) is 0.819. The van der Waals surface area contributed by atoms with Crippen molar-refractivity contribution in [1.29, 1.82) is 0 Å². The van der Waals surface area contributed by atoms with E-state index in [1.807, 2.05) is 30.9 Å². The standard InChI is InChI=1S/C13H17BrN2O2/c1-9(2)6-16(7-13(15)18)12-4-3-11(14)5-10(12)8-17/h3-5,8-9H,6-7H2,1-2H3,(H2,15,18). The second-order valence-electron chi connectivity index (χ2n) is 4.56. The minimum absolute atomic E-state index is 0.112. The molecule has 0 fully saturated rings. The Morgan fingerprint density at radius 1 is 1.50 bits per heavy atom. The number of carbonyl (C=O) groups is 2. The molecule has 0 aromatic heterocycles. The predicted octanol–water partition coefficient (Wildman–Crippen LogP) is 2.21. The van der Waals surface area contributed by atoms with E-state index in [4.69, 9.17) is 5.73 Å². The fraction of sp³-hybridized carbons (Fsp3) is 0.385. The highest BCUT2D eigenvalue weighted by Crippen LogP contribution is 2.24. The van der Waals surface area contributed by atoms with E-state index < -0.39 is 5.91 Å². The summed E-state index contributed by atoms with van der Waals surface area (Å²) in [5.74, 6) is -0.0390. The fourth-order valence-corrected chi connectivity index (χ4v) is 2.16. The Kier molecular flexibility index (Phi) is 5.34. The topological polar surface area (TPSA) is 63.4 Å². The summed E-state index contributed by atoms with van der Waals surface area (Å²) in [6, 6.07) is 5.40. The number of carbonyl (C=O) groups excluding carboxylic acids is 2. The molecule has 0 atom stereocenters. The van der Waals surface area contributed by atoms with Crippen LogP contribution in [0.5, 0.6) is 0 Å². The third-order valence-corrected chi connectivity index (χ3v) is 2.88. The summed E-state index contributed by atoms with van der Waals surface area (Å²) in [7, 11) is 0. The Morgan fingerprint density at radius 2 is 2.17 bits per heavy atom. The SMILES string of the molecule is CC(C)CN(CC(N)=O)c1ccc(Br)cc1C=O. The van der Waals surface area contributed by atoms with Crippen molar-refractivity contribution in [3.8, 4) is 0 Å². The molecule has 0 unspecified atom stereocenters. The van der Waals surface area contributed by atoms with Crippen LogP contribution in [-0.4, -0.2) is 25.3 Å². The lowest BCUT2D eigenvalue weighted by Crippen LogP contribution is -2.36. The molecular formula is C13H17BrN2O2. The first-order chi connectivity index (χ1) is 8.43. The first-order valence-electron chi connectivity index (χ1n) is 5.72. The molecular weight excluding hydrogens is 296 g/mol. The molecule has 0 aliphatic rings. The Morgan fingerprint density at radius 3 is 2.67 bits per heavy atom. The molecule has 5 heteroatoms. The van der Waals surface area contributed by atoms with Gasteiger partial charge in [-0.25, -0.2) is 0 Å². The molecule has 4 nitrogen and oxygen atoms in total. The van der Waals surface area contributed by atoms with E-state index in [9.17, 15) is 9.59 Å². The van der Waals surface area contributed by atoms with Crippen LogP contribution in [0.4, 0.5) is 5.69 Å². The molecule has 0 saturated carbocycles. The average Bonchev–Trinajstić information content (AvgIpc) is 2.26. The lowest BCUT2D eigenvalue weighted by Gasteiger charge is -2.26. The monoisotopic (exact) mass is 312 g/mol. The molecule has 1 rings (SSSR count). The molecule has 98 valence electrons. The van der Waals surface area contributed by atoms with Gasteiger partial charge in [0.1, 0.15) is 0 Å². The first-order valence-corrected chi connectivity index (χ1v) is 6.51. The number of rotatable bonds is 6. The Bertz CT molecular complexity index is 447. The summed E-state index contributed by atoms with van der Waals surface area (Å²) >= 11 is 3.32. The molecule has 1 aromatic rings. The molecule has 0 bridgehead atoms. The molecule has 1 aromatic carbocycles. The summed E-state index contributed by atoms with van der Waals surface area (Å²) < 4.78 is 0.830. The minimum atomic E-state index is -0.407. The van der Waals surface area contributed by atoms with Crippen molar-refractivity contribution in [2.45, 2.75) is 13.8 Å². The fourth-order valence-electron chi connectivity index (χ4n) is 1.78. The van der Waals surface area contributed by atoms with Gasteiger partial charge >= 0.3 is 0 Å². The van der Waals surface area contributed by atoms with Crippen molar-refractivity contribution < 1.29 is 9.59 Å². The van der Waals surface area contributed by atoms with Gasteiger partial charge in [-0.15, -0.1) is 0 Å². The van der Waals surface area contributed by atoms with Crippen molar-refractivity contribution in [2.24, 2.45) is 11.7 Å². The number of hydrogen-bond donors (Lipinski definition) is 1. The number of halogens is 1. The summed E-state index contributed by atoms with van der Waals surface area (Å²) in [6.07, 6.45) is 0.786. The third-order valence-electron chi connectivity index (χ3n) is 2.39. The van der Waals surface area contributed by atoms with Crippen molar-refractivity contribution in [3.63, 3.8) is 0 Å². The molecule has 0 heterocycles. The normalized spacial score (nSPS) is 10.4. The van der Waals surface area contributed by atoms with Crippen molar-refractivity contribution in [2.75, 3.05) is 18.0 Å². The number of nitrogens with two attached hydrogens (primary N) is 1. The number of hydrogen-bond acceptors (Lipinski definition) is 3. The van der Waals surface area contributed by atoms with Crippen LogP contribution >= 0.6 is 15.9 Å². The van der Waals surface area contributed by atoms with Crippen molar-refractivity contribution in [3.05, 3.63) is 28.2 Å². The molecule has 0 aliphatic heterocycles. The average molecular weight is 313 g/mol. The number of amides is 1. The van der Waals surface area contributed by atoms with Gasteiger partial charge < -0.3 is 10.6 Å². The van der Waals surface area contributed by atoms with Crippen LogP contribution in [0, 0.1) is 5.92 Å². The molecule has 1 amide bonds. The lowest BCUT2D eigenvalue weighted by molar-refractivity contribution is -0.116. The van der Waals surface area contributed by atoms with E-state index in [1.54, 1.807) is 6.07 Å². The van der Waals surface area contributed by atoms with Gasteiger partial charge in [0.25, 0.3) is 0 Å². The zero-order chi connectivity index (χ0) is 13.7. The van der Waals surface area contributed by atoms with Crippen LogP contribution < -0.4 is 10.6 Å². The zero-order valence-electron chi connectivity index (χ0n) is 10.5. The number of aldehydes is 1. The Labute approximate surface area is 115 Å². The summed E-state index contributed by atoms with van der Waals surface area (Å²) in [4.78, 5) is 24.0. The van der Waals surface area contributed by atoms with Crippen LogP contribution in [0.1, 0.15) is 24.2 Å². The maximum absolute atomic E-state index is 11.1. The summed E-state index contributed by atoms with van der Waals surface area (Å²) in [6.45, 7) is 4.88. The van der Waals surface area contributed by atoms with E-state index in [0.29, 0.717) is 18.0 Å². The Balaban J connectivity index is 3.10. The second kappa shape index (κ2) is 6.54. The lowest BCUT2D eigenvalue weighted by atomic mass is 10.1. The highest BCUT2D eigenvalue weighted by molar-refractivity contribution is 9.10. The zero-order valence-corrected chi connectivity index (χ0v) is 12.1. The van der Waals surface area contributed by atoms with Crippen LogP contribution in [0.2, 0.25) is 0 Å². The van der Waals surface area contributed by atoms with Crippen LogP contribution in [-0.2, 0) is 4.79 Å². The molecule has 2 N–H and O–H groups in total. The van der Waals surface area contributed by atoms with E-state index in [1.165, 1.54) is 0 Å². The van der Waals surface area contributed by atoms with Gasteiger partial charge in [0.05, 0.1) is 6.54 Å². The van der Waals surface area contributed by atoms with E-state index >= 15 is 0 Å². The highest BCUT2D eigenvalue weighted by Gasteiger charge is 2.14. The molecule has 0 spiro atoms. The van der Waals surface area contributed by atoms with Gasteiger partial charge in [0.15, 0.2) is 6.29 Å². The van der Waals surface area contributed by atoms with Crippen LogP contribution in [0.25, 0.3) is 0 Å². The minimum Gasteiger partial charge on any atom is -0.368 e. The molecule has 18 heavy (non-hydrogen) atoms. The van der Waals surface area contributed by atoms with Crippen molar-refractivity contribution >= 4 is 33.8 Å². The number of benzene rings is 1. The maximum Gasteiger partial charge on any atom is 0.236 e. The largest absolute Gasteiger partial charge is 0.368 e. The number of nitrogens with zero attached hydrogens (tertiary/aromatic N) is 1. The second-order valence-corrected chi connectivity index (χ2v) is 5.48. The van der Waals surface area contributed by atoms with E-state index in [2.05, 4.69) is 15.9 Å². The van der Waals surface area contributed by atoms with E-state index in [0.717, 1.165) is 16.4 Å². The van der Waals surface area contributed by atoms with Gasteiger partial charge in [0.2, 0.25) is 5.91 Å². The summed E-state index contributed by atoms with van der Waals surface area (Å²) in [5, 5.41) is 0. The summed E-state index contributed by atoms with van der Waals surface area (Å²) in [5.41, 5.74) is 6.53. The Hall–Kier alpha value is -1.36. The molecule has 0 aliphatic carbocycles. The van der Waals surface area contributed by atoms with Gasteiger partial charge in [-0.2, -0.15) is 0 Å². The van der Waals surface area contributed by atoms with Gasteiger partial charge in [0, 0.05) is 22.3 Å². The maximum atomic E-state index is 11.1. The number of anilines is 1. The smallest absolute Gasteiger partial charge is 0.236 e. The molecule has 0 radical (unpaired) electrons. The molecule has 0 saturated heterocycles. The van der Waals surface area contributed by atoms with Crippen LogP contribution in [0.3, 0.4) is 0 Å². The highest BCUT2D eigenvalue weighted by atomic mass is 79.9. The van der Waals surface area contributed by atoms with Gasteiger partial charge in [-0.3, -0.25) is 9.59 Å². The predicted molar refractivity (Wildman–Crippen MR) is 75.8 cm³/mol. The van der Waals surface area contributed by atoms with E-state index in [-0.39, 0.29) is 6.54 Å².